The minimum Gasteiger partial charge on any atom is -0.281 e. The number of nitrogens with zero attached hydrogens (tertiary/aromatic N) is 1. The van der Waals surface area contributed by atoms with Crippen molar-refractivity contribution in [3.05, 3.63) is 46.8 Å². The third kappa shape index (κ3) is 3.08. The number of benzene rings is 1. The average molecular weight is 293 g/mol. The van der Waals surface area contributed by atoms with Crippen LogP contribution in [-0.4, -0.2) is 18.6 Å². The molecule has 2 aromatic rings. The number of hydrogen-bond donors (Lipinski definition) is 2. The van der Waals surface area contributed by atoms with E-state index in [0.717, 1.165) is 12.0 Å². The molecule has 1 heterocycles. The van der Waals surface area contributed by atoms with Gasteiger partial charge in [0.25, 0.3) is 0 Å². The molecule has 0 saturated carbocycles. The van der Waals surface area contributed by atoms with E-state index in [0.29, 0.717) is 11.4 Å². The van der Waals surface area contributed by atoms with Crippen molar-refractivity contribution in [1.82, 2.24) is 14.9 Å². The fourth-order valence-electron chi connectivity index (χ4n) is 2.08. The number of sulfonamides is 1. The molecule has 0 saturated heterocycles. The summed E-state index contributed by atoms with van der Waals surface area (Å²) in [4.78, 5) is 0.239. The SMILES string of the molecule is CCc1ccc(CNS(=O)(=O)c2c(C)n[nH]c2C)cc1. The van der Waals surface area contributed by atoms with E-state index < -0.39 is 10.0 Å². The van der Waals surface area contributed by atoms with Crippen LogP contribution in [0, 0.1) is 13.8 Å². The maximum atomic E-state index is 12.3. The molecule has 108 valence electrons. The second-order valence-corrected chi connectivity index (χ2v) is 6.46. The highest BCUT2D eigenvalue weighted by molar-refractivity contribution is 7.89. The Labute approximate surface area is 119 Å². The molecule has 1 aromatic carbocycles. The summed E-state index contributed by atoms with van der Waals surface area (Å²) >= 11 is 0. The van der Waals surface area contributed by atoms with Crippen molar-refractivity contribution in [3.8, 4) is 0 Å². The molecule has 0 radical (unpaired) electrons. The molecule has 0 aliphatic heterocycles. The van der Waals surface area contributed by atoms with E-state index in [1.165, 1.54) is 5.56 Å². The first-order valence-corrected chi connectivity index (χ1v) is 8.01. The predicted octanol–water partition coefficient (Wildman–Crippen LogP) is 2.07. The molecule has 0 atom stereocenters. The second kappa shape index (κ2) is 5.76. The molecule has 0 fully saturated rings. The largest absolute Gasteiger partial charge is 0.281 e. The summed E-state index contributed by atoms with van der Waals surface area (Å²) in [5.74, 6) is 0. The zero-order chi connectivity index (χ0) is 14.8. The van der Waals surface area contributed by atoms with E-state index in [-0.39, 0.29) is 11.4 Å². The van der Waals surface area contributed by atoms with Crippen molar-refractivity contribution in [3.63, 3.8) is 0 Å². The summed E-state index contributed by atoms with van der Waals surface area (Å²) < 4.78 is 27.1. The van der Waals surface area contributed by atoms with Gasteiger partial charge in [0.2, 0.25) is 10.0 Å². The highest BCUT2D eigenvalue weighted by Crippen LogP contribution is 2.16. The third-order valence-electron chi connectivity index (χ3n) is 3.23. The average Bonchev–Trinajstić information content (AvgIpc) is 2.77. The molecule has 0 aliphatic rings. The summed E-state index contributed by atoms with van der Waals surface area (Å²) in [6.07, 6.45) is 0.972. The standard InChI is InChI=1S/C14H19N3O2S/c1-4-12-5-7-13(8-6-12)9-15-20(18,19)14-10(2)16-17-11(14)3/h5-8,15H,4,9H2,1-3H3,(H,16,17). The number of H-pyrrole nitrogens is 1. The van der Waals surface area contributed by atoms with E-state index in [9.17, 15) is 8.42 Å². The van der Waals surface area contributed by atoms with Gasteiger partial charge >= 0.3 is 0 Å². The first-order chi connectivity index (χ1) is 9.44. The Hall–Kier alpha value is -1.66. The van der Waals surface area contributed by atoms with Crippen LogP contribution < -0.4 is 4.72 Å². The summed E-state index contributed by atoms with van der Waals surface area (Å²) in [6.45, 7) is 5.73. The summed E-state index contributed by atoms with van der Waals surface area (Å²) in [5.41, 5.74) is 3.20. The van der Waals surface area contributed by atoms with Gasteiger partial charge in [-0.15, -0.1) is 0 Å². The molecule has 0 aliphatic carbocycles. The molecule has 0 unspecified atom stereocenters. The molecule has 6 heteroatoms. The van der Waals surface area contributed by atoms with Gasteiger partial charge in [-0.1, -0.05) is 31.2 Å². The van der Waals surface area contributed by atoms with Crippen molar-refractivity contribution in [2.24, 2.45) is 0 Å². The summed E-state index contributed by atoms with van der Waals surface area (Å²) in [5, 5.41) is 6.60. The molecule has 2 N–H and O–H groups in total. The van der Waals surface area contributed by atoms with E-state index in [4.69, 9.17) is 0 Å². The molecule has 0 spiro atoms. The highest BCUT2D eigenvalue weighted by Gasteiger charge is 2.21. The summed E-state index contributed by atoms with van der Waals surface area (Å²) in [6, 6.07) is 7.91. The van der Waals surface area contributed by atoms with Crippen LogP contribution in [0.2, 0.25) is 0 Å². The van der Waals surface area contributed by atoms with Crippen LogP contribution in [0.25, 0.3) is 0 Å². The Morgan fingerprint density at radius 1 is 1.15 bits per heavy atom. The fraction of sp³-hybridized carbons (Fsp3) is 0.357. The van der Waals surface area contributed by atoms with E-state index in [1.54, 1.807) is 13.8 Å². The molecule has 0 bridgehead atoms. The van der Waals surface area contributed by atoms with Gasteiger partial charge in [-0.3, -0.25) is 5.10 Å². The van der Waals surface area contributed by atoms with Crippen LogP contribution in [0.5, 0.6) is 0 Å². The lowest BCUT2D eigenvalue weighted by molar-refractivity contribution is 0.580. The summed E-state index contributed by atoms with van der Waals surface area (Å²) in [7, 11) is -3.54. The minimum absolute atomic E-state index is 0.239. The van der Waals surface area contributed by atoms with Gasteiger partial charge in [0.05, 0.1) is 11.4 Å². The maximum Gasteiger partial charge on any atom is 0.244 e. The number of aromatic nitrogens is 2. The van der Waals surface area contributed by atoms with Crippen molar-refractivity contribution in [2.45, 2.75) is 38.6 Å². The third-order valence-corrected chi connectivity index (χ3v) is 4.89. The normalized spacial score (nSPS) is 11.8. The zero-order valence-electron chi connectivity index (χ0n) is 11.9. The highest BCUT2D eigenvalue weighted by atomic mass is 32.2. The van der Waals surface area contributed by atoms with Crippen LogP contribution >= 0.6 is 0 Å². The number of aryl methyl sites for hydroxylation is 3. The Morgan fingerprint density at radius 2 is 1.75 bits per heavy atom. The molecular formula is C14H19N3O2S. The molecular weight excluding hydrogens is 274 g/mol. The topological polar surface area (TPSA) is 74.8 Å². The number of nitrogens with one attached hydrogen (secondary N) is 2. The second-order valence-electron chi connectivity index (χ2n) is 4.76. The number of aromatic amines is 1. The van der Waals surface area contributed by atoms with Crippen LogP contribution in [-0.2, 0) is 23.0 Å². The molecule has 2 rings (SSSR count). The van der Waals surface area contributed by atoms with E-state index >= 15 is 0 Å². The smallest absolute Gasteiger partial charge is 0.244 e. The van der Waals surface area contributed by atoms with Gasteiger partial charge in [-0.25, -0.2) is 13.1 Å². The fourth-order valence-corrected chi connectivity index (χ4v) is 3.46. The van der Waals surface area contributed by atoms with Gasteiger partial charge in [0.15, 0.2) is 0 Å². The lowest BCUT2D eigenvalue weighted by Gasteiger charge is -2.07. The first kappa shape index (κ1) is 14.7. The van der Waals surface area contributed by atoms with Gasteiger partial charge in [0.1, 0.15) is 4.90 Å². The van der Waals surface area contributed by atoms with Crippen LogP contribution in [0.1, 0.15) is 29.4 Å². The predicted molar refractivity (Wildman–Crippen MR) is 77.9 cm³/mol. The number of hydrogen-bond acceptors (Lipinski definition) is 3. The van der Waals surface area contributed by atoms with Gasteiger partial charge in [-0.2, -0.15) is 5.10 Å². The Balaban J connectivity index is 2.13. The maximum absolute atomic E-state index is 12.3. The molecule has 5 nitrogen and oxygen atoms in total. The number of rotatable bonds is 5. The lowest BCUT2D eigenvalue weighted by Crippen LogP contribution is -2.24. The van der Waals surface area contributed by atoms with Crippen molar-refractivity contribution < 1.29 is 8.42 Å². The molecule has 20 heavy (non-hydrogen) atoms. The lowest BCUT2D eigenvalue weighted by atomic mass is 10.1. The minimum atomic E-state index is -3.54. The van der Waals surface area contributed by atoms with E-state index in [1.807, 2.05) is 24.3 Å². The van der Waals surface area contributed by atoms with Crippen LogP contribution in [0.15, 0.2) is 29.2 Å². The Morgan fingerprint density at radius 3 is 2.25 bits per heavy atom. The zero-order valence-corrected chi connectivity index (χ0v) is 12.7. The van der Waals surface area contributed by atoms with E-state index in [2.05, 4.69) is 21.8 Å². The van der Waals surface area contributed by atoms with Crippen molar-refractivity contribution in [2.75, 3.05) is 0 Å². The van der Waals surface area contributed by atoms with Gasteiger partial charge in [0, 0.05) is 6.54 Å². The Kier molecular flexibility index (Phi) is 4.25. The molecule has 1 aromatic heterocycles. The van der Waals surface area contributed by atoms with Gasteiger partial charge < -0.3 is 0 Å². The monoisotopic (exact) mass is 293 g/mol. The Bertz CT molecular complexity index is 668. The molecule has 0 amide bonds. The van der Waals surface area contributed by atoms with Crippen molar-refractivity contribution in [1.29, 1.82) is 0 Å². The first-order valence-electron chi connectivity index (χ1n) is 6.53. The van der Waals surface area contributed by atoms with Crippen molar-refractivity contribution >= 4 is 10.0 Å². The van der Waals surface area contributed by atoms with Crippen LogP contribution in [0.3, 0.4) is 0 Å². The van der Waals surface area contributed by atoms with Crippen LogP contribution in [0.4, 0.5) is 0 Å². The quantitative estimate of drug-likeness (QED) is 0.886. The van der Waals surface area contributed by atoms with Gasteiger partial charge in [-0.05, 0) is 31.4 Å².